The van der Waals surface area contributed by atoms with Crippen LogP contribution in [0.1, 0.15) is 36.1 Å². The van der Waals surface area contributed by atoms with Crippen molar-refractivity contribution >= 4 is 64.5 Å². The van der Waals surface area contributed by atoms with Crippen molar-refractivity contribution in [2.75, 3.05) is 36.8 Å². The molecule has 4 aromatic carbocycles. The third-order valence-corrected chi connectivity index (χ3v) is 9.87. The topological polar surface area (TPSA) is 175 Å². The van der Waals surface area contributed by atoms with Crippen LogP contribution in [0.15, 0.2) is 97.1 Å². The molecule has 7 amide bonds. The van der Waals surface area contributed by atoms with E-state index in [9.17, 15) is 24.0 Å². The Morgan fingerprint density at radius 1 is 0.649 bits per heavy atom. The van der Waals surface area contributed by atoms with Crippen LogP contribution < -0.4 is 26.6 Å². The number of halogens is 2. The maximum Gasteiger partial charge on any atom is 0.407 e. The molecule has 2 atom stereocenters. The second-order valence-electron chi connectivity index (χ2n) is 13.8. The lowest BCUT2D eigenvalue weighted by Crippen LogP contribution is -2.56. The van der Waals surface area contributed by atoms with E-state index in [1.807, 2.05) is 79.4 Å². The van der Waals surface area contributed by atoms with Gasteiger partial charge in [-0.15, -0.1) is 0 Å². The minimum absolute atomic E-state index is 0.109. The van der Waals surface area contributed by atoms with E-state index in [-0.39, 0.29) is 49.0 Å². The van der Waals surface area contributed by atoms with Gasteiger partial charge in [-0.25, -0.2) is 14.4 Å². The second-order valence-corrected chi connectivity index (χ2v) is 14.7. The van der Waals surface area contributed by atoms with Crippen LogP contribution in [0, 0.1) is 0 Å². The third-order valence-electron chi connectivity index (χ3n) is 9.36. The fourth-order valence-corrected chi connectivity index (χ4v) is 6.41. The molecule has 2 aliphatic rings. The lowest BCUT2D eigenvalue weighted by molar-refractivity contribution is -0.139. The summed E-state index contributed by atoms with van der Waals surface area (Å²) in [4.78, 5) is 64.2. The molecule has 2 aliphatic heterocycles. The molecular weight excluding hydrogens is 771 g/mol. The predicted octanol–water partition coefficient (Wildman–Crippen LogP) is 6.35. The Hall–Kier alpha value is -5.83. The van der Waals surface area contributed by atoms with E-state index in [0.29, 0.717) is 54.1 Å². The summed E-state index contributed by atoms with van der Waals surface area (Å²) in [7, 11) is 0. The molecule has 0 aromatic heterocycles. The summed E-state index contributed by atoms with van der Waals surface area (Å²) in [6, 6.07) is 28.6. The largest absolute Gasteiger partial charge is 0.465 e. The first kappa shape index (κ1) is 42.3. The summed E-state index contributed by atoms with van der Waals surface area (Å²) in [5.74, 6) is -0.113. The lowest BCUT2D eigenvalue weighted by Gasteiger charge is -2.38. The highest BCUT2D eigenvalue weighted by molar-refractivity contribution is 6.30. The Labute approximate surface area is 341 Å². The maximum absolute atomic E-state index is 12.3. The molecule has 0 bridgehead atoms. The number of hydrogen-bond acceptors (Lipinski definition) is 6. The summed E-state index contributed by atoms with van der Waals surface area (Å²) >= 11 is 11.7. The van der Waals surface area contributed by atoms with Gasteiger partial charge in [0.2, 0.25) is 11.8 Å². The van der Waals surface area contributed by atoms with Gasteiger partial charge in [0.1, 0.15) is 6.54 Å². The van der Waals surface area contributed by atoms with Gasteiger partial charge in [-0.1, -0.05) is 71.7 Å². The van der Waals surface area contributed by atoms with Crippen LogP contribution in [-0.4, -0.2) is 88.0 Å². The first-order chi connectivity index (χ1) is 27.3. The smallest absolute Gasteiger partial charge is 0.407 e. The van der Waals surface area contributed by atoms with Crippen molar-refractivity contribution in [3.05, 3.63) is 129 Å². The highest BCUT2D eigenvalue weighted by Crippen LogP contribution is 2.18. The van der Waals surface area contributed by atoms with Crippen molar-refractivity contribution in [2.24, 2.45) is 0 Å². The van der Waals surface area contributed by atoms with E-state index in [4.69, 9.17) is 28.3 Å². The second kappa shape index (κ2) is 20.4. The zero-order chi connectivity index (χ0) is 40.9. The van der Waals surface area contributed by atoms with Crippen molar-refractivity contribution < 1.29 is 29.1 Å². The maximum atomic E-state index is 12.3. The number of amides is 7. The quantitative estimate of drug-likeness (QED) is 0.108. The number of carbonyl (C=O) groups is 5. The van der Waals surface area contributed by atoms with Gasteiger partial charge >= 0.3 is 18.2 Å². The van der Waals surface area contributed by atoms with E-state index >= 15 is 0 Å². The lowest BCUT2D eigenvalue weighted by atomic mass is 10.1. The number of benzene rings is 4. The molecule has 2 unspecified atom stereocenters. The van der Waals surface area contributed by atoms with Gasteiger partial charge in [0.05, 0.1) is 6.54 Å². The molecule has 2 fully saturated rings. The third kappa shape index (κ3) is 13.1. The van der Waals surface area contributed by atoms with Crippen molar-refractivity contribution in [2.45, 2.75) is 52.1 Å². The van der Waals surface area contributed by atoms with Crippen molar-refractivity contribution in [3.63, 3.8) is 0 Å². The van der Waals surface area contributed by atoms with Crippen LogP contribution in [0.2, 0.25) is 10.0 Å². The molecule has 300 valence electrons. The zero-order valence-corrected chi connectivity index (χ0v) is 33.1. The molecule has 0 spiro atoms. The average Bonchev–Trinajstić information content (AvgIpc) is 3.19. The van der Waals surface area contributed by atoms with Crippen LogP contribution in [0.25, 0.3) is 0 Å². The molecule has 14 nitrogen and oxygen atoms in total. The Bertz CT molecular complexity index is 2000. The van der Waals surface area contributed by atoms with E-state index in [0.717, 1.165) is 33.7 Å². The van der Waals surface area contributed by atoms with Gasteiger partial charge < -0.3 is 41.5 Å². The number of carbonyl (C=O) groups excluding carboxylic acids is 4. The molecule has 0 aliphatic carbocycles. The summed E-state index contributed by atoms with van der Waals surface area (Å²) in [6.07, 6.45) is -1.08. The Kier molecular flexibility index (Phi) is 15.1. The highest BCUT2D eigenvalue weighted by atomic mass is 35.5. The number of piperazine rings is 2. The van der Waals surface area contributed by atoms with Crippen LogP contribution >= 0.6 is 23.2 Å². The number of hydrogen-bond donors (Lipinski definition) is 6. The summed E-state index contributed by atoms with van der Waals surface area (Å²) in [6.45, 7) is 6.96. The van der Waals surface area contributed by atoms with Crippen LogP contribution in [0.5, 0.6) is 0 Å². The number of nitrogens with zero attached hydrogens (tertiary/aromatic N) is 3. The highest BCUT2D eigenvalue weighted by Gasteiger charge is 2.32. The molecule has 2 saturated heterocycles. The first-order valence-electron chi connectivity index (χ1n) is 18.4. The minimum Gasteiger partial charge on any atom is -0.465 e. The number of anilines is 2. The zero-order valence-electron chi connectivity index (χ0n) is 31.6. The summed E-state index contributed by atoms with van der Waals surface area (Å²) in [5.41, 5.74) is 5.16. The average molecular weight is 818 g/mol. The Morgan fingerprint density at radius 2 is 1.07 bits per heavy atom. The molecule has 16 heteroatoms. The van der Waals surface area contributed by atoms with E-state index in [1.165, 1.54) is 0 Å². The SMILES string of the molecule is CC1CN(C(=O)O)CC(=O)N1Cc1ccc(NC(=O)NCc2ccc(Cl)cc2)cc1.CC1CNCC(=O)N1Cc1ccc(NC(=O)NCc2ccc(Cl)cc2)cc1. The summed E-state index contributed by atoms with van der Waals surface area (Å²) in [5, 5.41) is 24.6. The van der Waals surface area contributed by atoms with Gasteiger partial charge in [-0.3, -0.25) is 14.5 Å². The molecule has 6 rings (SSSR count). The first-order valence-corrected chi connectivity index (χ1v) is 19.1. The van der Waals surface area contributed by atoms with Gasteiger partial charge in [0, 0.05) is 72.8 Å². The van der Waals surface area contributed by atoms with E-state index in [1.54, 1.807) is 41.3 Å². The van der Waals surface area contributed by atoms with Crippen molar-refractivity contribution in [1.82, 2.24) is 30.7 Å². The Balaban J connectivity index is 0.000000219. The van der Waals surface area contributed by atoms with E-state index < -0.39 is 6.09 Å². The number of rotatable bonds is 10. The standard InChI is InChI=1S/C21H23ClN4O4.C20H23ClN4O2/c1-14-11-25(21(29)30)13-19(27)26(14)12-16-4-8-18(9-5-16)24-20(28)23-10-15-2-6-17(22)7-3-15;1-14-10-22-12-19(26)25(14)13-16-4-8-18(9-5-16)24-20(27)23-11-15-2-6-17(21)7-3-15/h2-9,14H,10-13H2,1H3,(H,29,30)(H2,23,24,28);2-9,14,22H,10-13H2,1H3,(H2,23,24,27). The molecule has 0 radical (unpaired) electrons. The Morgan fingerprint density at radius 3 is 1.47 bits per heavy atom. The van der Waals surface area contributed by atoms with Crippen LogP contribution in [0.3, 0.4) is 0 Å². The van der Waals surface area contributed by atoms with Gasteiger partial charge in [-0.05, 0) is 84.6 Å². The molecule has 4 aromatic rings. The monoisotopic (exact) mass is 816 g/mol. The predicted molar refractivity (Wildman–Crippen MR) is 220 cm³/mol. The van der Waals surface area contributed by atoms with Crippen LogP contribution in [0.4, 0.5) is 25.8 Å². The number of urea groups is 2. The van der Waals surface area contributed by atoms with Gasteiger partial charge in [0.25, 0.3) is 0 Å². The summed E-state index contributed by atoms with van der Waals surface area (Å²) < 4.78 is 0. The molecular formula is C41H46Cl2N8O6. The fraction of sp³-hybridized carbons (Fsp3) is 0.293. The number of carboxylic acid groups (broad SMARTS) is 1. The van der Waals surface area contributed by atoms with Gasteiger partial charge in [-0.2, -0.15) is 0 Å². The molecule has 57 heavy (non-hydrogen) atoms. The van der Waals surface area contributed by atoms with Crippen molar-refractivity contribution in [3.8, 4) is 0 Å². The van der Waals surface area contributed by atoms with E-state index in [2.05, 4.69) is 26.6 Å². The van der Waals surface area contributed by atoms with Gasteiger partial charge in [0.15, 0.2) is 0 Å². The molecule has 2 heterocycles. The van der Waals surface area contributed by atoms with Crippen molar-refractivity contribution in [1.29, 1.82) is 0 Å². The fourth-order valence-electron chi connectivity index (χ4n) is 6.16. The minimum atomic E-state index is -1.08. The molecule has 0 saturated carbocycles. The molecule has 6 N–H and O–H groups in total. The number of nitrogens with one attached hydrogen (secondary N) is 5. The normalized spacial score (nSPS) is 16.6. The van der Waals surface area contributed by atoms with Crippen LogP contribution in [-0.2, 0) is 35.8 Å².